The lowest BCUT2D eigenvalue weighted by molar-refractivity contribution is 0.626. The quantitative estimate of drug-likeness (QED) is 0.610. The molecule has 0 saturated heterocycles. The maximum atomic E-state index is 13.1. The first-order valence-electron chi connectivity index (χ1n) is 7.97. The fourth-order valence-corrected chi connectivity index (χ4v) is 2.74. The highest BCUT2D eigenvalue weighted by Gasteiger charge is 2.09. The van der Waals surface area contributed by atoms with Gasteiger partial charge in [0.25, 0.3) is 0 Å². The fraction of sp³-hybridized carbons (Fsp3) is 0.105. The second-order valence-corrected chi connectivity index (χ2v) is 5.78. The summed E-state index contributed by atoms with van der Waals surface area (Å²) < 4.78 is 15.0. The Bertz CT molecular complexity index is 1010. The Kier molecular flexibility index (Phi) is 3.85. The first-order valence-corrected chi connectivity index (χ1v) is 7.97. The number of imidazole rings is 1. The molecule has 1 atom stereocenters. The normalized spacial score (nSPS) is 12.2. The summed E-state index contributed by atoms with van der Waals surface area (Å²) in [4.78, 5) is 13.3. The molecule has 0 saturated carbocycles. The van der Waals surface area contributed by atoms with Crippen molar-refractivity contribution >= 4 is 16.9 Å². The van der Waals surface area contributed by atoms with Crippen LogP contribution in [0.1, 0.15) is 18.5 Å². The molecule has 4 rings (SSSR count). The van der Waals surface area contributed by atoms with Crippen molar-refractivity contribution in [2.24, 2.45) is 0 Å². The van der Waals surface area contributed by atoms with E-state index in [4.69, 9.17) is 0 Å². The van der Waals surface area contributed by atoms with E-state index in [1.165, 1.54) is 12.1 Å². The van der Waals surface area contributed by atoms with Gasteiger partial charge in [-0.1, -0.05) is 24.3 Å². The zero-order chi connectivity index (χ0) is 17.2. The van der Waals surface area contributed by atoms with Crippen LogP contribution in [0.5, 0.6) is 0 Å². The molecule has 0 unspecified atom stereocenters. The van der Waals surface area contributed by atoms with Crippen molar-refractivity contribution < 1.29 is 4.39 Å². The summed E-state index contributed by atoms with van der Waals surface area (Å²) in [5, 5.41) is 3.30. The number of nitrogens with one attached hydrogen (secondary N) is 1. The molecule has 0 aliphatic heterocycles. The zero-order valence-electron chi connectivity index (χ0n) is 13.6. The van der Waals surface area contributed by atoms with Crippen molar-refractivity contribution in [2.75, 3.05) is 5.32 Å². The predicted octanol–water partition coefficient (Wildman–Crippen LogP) is 4.13. The molecular formula is C19H16FN5. The Morgan fingerprint density at radius 3 is 2.68 bits per heavy atom. The highest BCUT2D eigenvalue weighted by atomic mass is 19.1. The molecule has 0 aliphatic carbocycles. The summed E-state index contributed by atoms with van der Waals surface area (Å²) >= 11 is 0. The number of hydrogen-bond acceptors (Lipinski definition) is 4. The minimum absolute atomic E-state index is 0.0234. The van der Waals surface area contributed by atoms with Crippen LogP contribution >= 0.6 is 0 Å². The van der Waals surface area contributed by atoms with Crippen molar-refractivity contribution in [3.8, 4) is 5.82 Å². The summed E-state index contributed by atoms with van der Waals surface area (Å²) in [6.45, 7) is 1.99. The van der Waals surface area contributed by atoms with Crippen LogP contribution in [-0.4, -0.2) is 19.5 Å². The van der Waals surface area contributed by atoms with Crippen LogP contribution in [0.2, 0.25) is 0 Å². The van der Waals surface area contributed by atoms with Crippen LogP contribution in [-0.2, 0) is 0 Å². The molecule has 124 valence electrons. The van der Waals surface area contributed by atoms with E-state index in [-0.39, 0.29) is 11.9 Å². The number of anilines is 1. The van der Waals surface area contributed by atoms with Crippen LogP contribution in [0.15, 0.2) is 67.3 Å². The van der Waals surface area contributed by atoms with Crippen molar-refractivity contribution in [3.63, 3.8) is 0 Å². The molecule has 0 bridgehead atoms. The summed E-state index contributed by atoms with van der Waals surface area (Å²) in [7, 11) is 0. The fourth-order valence-electron chi connectivity index (χ4n) is 2.74. The van der Waals surface area contributed by atoms with E-state index in [0.29, 0.717) is 11.6 Å². The summed E-state index contributed by atoms with van der Waals surface area (Å²) in [5.41, 5.74) is 2.85. The Hall–Kier alpha value is -3.28. The largest absolute Gasteiger partial charge is 0.362 e. The molecule has 0 fully saturated rings. The smallest absolute Gasteiger partial charge is 0.159 e. The van der Waals surface area contributed by atoms with Crippen LogP contribution in [0.4, 0.5) is 10.2 Å². The lowest BCUT2D eigenvalue weighted by Crippen LogP contribution is -2.09. The highest BCUT2D eigenvalue weighted by Crippen LogP contribution is 2.20. The standard InChI is InChI=1S/C19H16FN5/c1-13(14-6-8-15(20)9-7-14)23-18-10-21-11-19(24-18)25-12-22-16-4-2-3-5-17(16)25/h2-13H,1H3,(H,23,24)/t13-/m0/s1. The van der Waals surface area contributed by atoms with E-state index in [2.05, 4.69) is 20.3 Å². The predicted molar refractivity (Wildman–Crippen MR) is 95.1 cm³/mol. The van der Waals surface area contributed by atoms with Gasteiger partial charge in [-0.3, -0.25) is 9.55 Å². The minimum atomic E-state index is -0.246. The molecule has 5 nitrogen and oxygen atoms in total. The van der Waals surface area contributed by atoms with Gasteiger partial charge in [0, 0.05) is 6.04 Å². The zero-order valence-corrected chi connectivity index (χ0v) is 13.6. The second-order valence-electron chi connectivity index (χ2n) is 5.78. The number of fused-ring (bicyclic) bond motifs is 1. The molecule has 1 N–H and O–H groups in total. The Morgan fingerprint density at radius 2 is 1.84 bits per heavy atom. The maximum absolute atomic E-state index is 13.1. The van der Waals surface area contributed by atoms with E-state index in [1.807, 2.05) is 35.8 Å². The summed E-state index contributed by atoms with van der Waals surface area (Å²) in [5.74, 6) is 1.09. The SMILES string of the molecule is C[C@H](Nc1cncc(-n2cnc3ccccc32)n1)c1ccc(F)cc1. The first-order chi connectivity index (χ1) is 12.2. The number of para-hydroxylation sites is 2. The molecule has 2 aromatic heterocycles. The van der Waals surface area contributed by atoms with E-state index < -0.39 is 0 Å². The van der Waals surface area contributed by atoms with Crippen molar-refractivity contribution in [2.45, 2.75) is 13.0 Å². The summed E-state index contributed by atoms with van der Waals surface area (Å²) in [6.07, 6.45) is 5.10. The lowest BCUT2D eigenvalue weighted by Gasteiger charge is -2.15. The Balaban J connectivity index is 1.62. The van der Waals surface area contributed by atoms with Crippen molar-refractivity contribution in [1.29, 1.82) is 0 Å². The molecule has 0 spiro atoms. The summed E-state index contributed by atoms with van der Waals surface area (Å²) in [6, 6.07) is 14.3. The van der Waals surface area contributed by atoms with Crippen LogP contribution in [0.25, 0.3) is 16.9 Å². The number of halogens is 1. The molecule has 2 heterocycles. The number of benzene rings is 2. The molecule has 25 heavy (non-hydrogen) atoms. The molecule has 0 aliphatic rings. The van der Waals surface area contributed by atoms with E-state index in [0.717, 1.165) is 16.6 Å². The van der Waals surface area contributed by atoms with E-state index in [9.17, 15) is 4.39 Å². The Labute approximate surface area is 144 Å². The number of hydrogen-bond donors (Lipinski definition) is 1. The van der Waals surface area contributed by atoms with E-state index >= 15 is 0 Å². The maximum Gasteiger partial charge on any atom is 0.159 e. The van der Waals surface area contributed by atoms with Crippen LogP contribution < -0.4 is 5.32 Å². The number of aromatic nitrogens is 4. The molecule has 2 aromatic carbocycles. The van der Waals surface area contributed by atoms with Gasteiger partial charge in [0.2, 0.25) is 0 Å². The molecule has 0 amide bonds. The average molecular weight is 333 g/mol. The third-order valence-corrected chi connectivity index (χ3v) is 4.06. The van der Waals surface area contributed by atoms with Gasteiger partial charge in [0.1, 0.15) is 18.0 Å². The van der Waals surface area contributed by atoms with Gasteiger partial charge in [-0.15, -0.1) is 0 Å². The molecular weight excluding hydrogens is 317 g/mol. The third-order valence-electron chi connectivity index (χ3n) is 4.06. The lowest BCUT2D eigenvalue weighted by atomic mass is 10.1. The minimum Gasteiger partial charge on any atom is -0.362 e. The van der Waals surface area contributed by atoms with Gasteiger partial charge in [0.05, 0.1) is 23.4 Å². The average Bonchev–Trinajstić information content (AvgIpc) is 3.06. The van der Waals surface area contributed by atoms with Gasteiger partial charge >= 0.3 is 0 Å². The van der Waals surface area contributed by atoms with Crippen LogP contribution in [0.3, 0.4) is 0 Å². The van der Waals surface area contributed by atoms with E-state index in [1.54, 1.807) is 30.9 Å². The monoisotopic (exact) mass is 333 g/mol. The molecule has 6 heteroatoms. The number of nitrogens with zero attached hydrogens (tertiary/aromatic N) is 4. The van der Waals surface area contributed by atoms with Crippen LogP contribution in [0, 0.1) is 5.82 Å². The topological polar surface area (TPSA) is 55.6 Å². The molecule has 0 radical (unpaired) electrons. The van der Waals surface area contributed by atoms with Crippen molar-refractivity contribution in [3.05, 3.63) is 78.6 Å². The van der Waals surface area contributed by atoms with Gasteiger partial charge in [-0.25, -0.2) is 14.4 Å². The second kappa shape index (κ2) is 6.32. The molecule has 4 aromatic rings. The van der Waals surface area contributed by atoms with Gasteiger partial charge in [-0.2, -0.15) is 0 Å². The van der Waals surface area contributed by atoms with Gasteiger partial charge in [-0.05, 0) is 36.8 Å². The van der Waals surface area contributed by atoms with Gasteiger partial charge < -0.3 is 5.32 Å². The first kappa shape index (κ1) is 15.3. The van der Waals surface area contributed by atoms with Gasteiger partial charge in [0.15, 0.2) is 5.82 Å². The highest BCUT2D eigenvalue weighted by molar-refractivity contribution is 5.76. The third kappa shape index (κ3) is 3.06. The Morgan fingerprint density at radius 1 is 1.04 bits per heavy atom. The number of rotatable bonds is 4. The van der Waals surface area contributed by atoms with Crippen molar-refractivity contribution in [1.82, 2.24) is 19.5 Å².